The lowest BCUT2D eigenvalue weighted by Gasteiger charge is -2.27. The summed E-state index contributed by atoms with van der Waals surface area (Å²) in [6.45, 7) is 3.33. The van der Waals surface area contributed by atoms with Gasteiger partial charge in [0, 0.05) is 11.7 Å². The minimum Gasteiger partial charge on any atom is -0.479 e. The number of carboxylic acid groups (broad SMARTS) is 1. The van der Waals surface area contributed by atoms with Gasteiger partial charge in [-0.1, -0.05) is 36.2 Å². The molecule has 0 saturated heterocycles. The number of hydrogen-bond donors (Lipinski definition) is 2. The quantitative estimate of drug-likeness (QED) is 0.823. The summed E-state index contributed by atoms with van der Waals surface area (Å²) in [7, 11) is 0. The lowest BCUT2D eigenvalue weighted by atomic mass is 9.91. The highest BCUT2D eigenvalue weighted by atomic mass is 35.5. The fourth-order valence-electron chi connectivity index (χ4n) is 1.73. The Balaban J connectivity index is 3.05. The number of amides is 1. The predicted molar refractivity (Wildman–Crippen MR) is 87.2 cm³/mol. The number of halogens is 2. The maximum atomic E-state index is 12.0. The first-order valence-electron chi connectivity index (χ1n) is 6.23. The topological polar surface area (TPSA) is 66.4 Å². The van der Waals surface area contributed by atoms with Crippen LogP contribution in [-0.2, 0) is 15.1 Å². The average Bonchev–Trinajstić information content (AvgIpc) is 2.41. The third kappa shape index (κ3) is 4.53. The first-order valence-corrected chi connectivity index (χ1v) is 8.27. The Morgan fingerprint density at radius 3 is 2.48 bits per heavy atom. The third-order valence-electron chi connectivity index (χ3n) is 3.19. The van der Waals surface area contributed by atoms with Crippen LogP contribution in [0.1, 0.15) is 25.8 Å². The van der Waals surface area contributed by atoms with Crippen LogP contribution in [0.4, 0.5) is 0 Å². The number of carbonyl (C=O) groups is 2. The summed E-state index contributed by atoms with van der Waals surface area (Å²) in [6.07, 6.45) is 2.14. The van der Waals surface area contributed by atoms with Crippen LogP contribution in [0.5, 0.6) is 0 Å². The van der Waals surface area contributed by atoms with Crippen LogP contribution in [-0.4, -0.2) is 28.5 Å². The zero-order valence-corrected chi connectivity index (χ0v) is 14.3. The molecule has 7 heteroatoms. The molecule has 0 aliphatic carbocycles. The minimum atomic E-state index is -1.55. The maximum Gasteiger partial charge on any atom is 0.333 e. The summed E-state index contributed by atoms with van der Waals surface area (Å²) >= 11 is 13.3. The van der Waals surface area contributed by atoms with Crippen molar-refractivity contribution in [2.45, 2.75) is 31.1 Å². The molecule has 4 nitrogen and oxygen atoms in total. The molecule has 0 fully saturated rings. The number of carbonyl (C=O) groups excluding carboxylic acids is 1. The van der Waals surface area contributed by atoms with Crippen molar-refractivity contribution in [1.29, 1.82) is 0 Å². The molecule has 0 bridgehead atoms. The van der Waals surface area contributed by atoms with E-state index < -0.39 is 11.5 Å². The molecule has 2 atom stereocenters. The number of thioether (sulfide) groups is 1. The summed E-state index contributed by atoms with van der Waals surface area (Å²) in [6, 6.07) is 4.51. The Kier molecular flexibility index (Phi) is 6.38. The molecule has 2 N–H and O–H groups in total. The molecule has 1 rings (SSSR count). The lowest BCUT2D eigenvalue weighted by molar-refractivity contribution is -0.147. The first kappa shape index (κ1) is 18.1. The zero-order valence-electron chi connectivity index (χ0n) is 11.9. The van der Waals surface area contributed by atoms with Gasteiger partial charge in [0.1, 0.15) is 0 Å². The molecular weight excluding hydrogens is 333 g/mol. The molecule has 0 aliphatic rings. The van der Waals surface area contributed by atoms with E-state index >= 15 is 0 Å². The van der Waals surface area contributed by atoms with Gasteiger partial charge in [-0.2, -0.15) is 11.8 Å². The molecule has 1 aromatic rings. The van der Waals surface area contributed by atoms with E-state index in [1.54, 1.807) is 17.8 Å². The first-order chi connectivity index (χ1) is 9.70. The van der Waals surface area contributed by atoms with Gasteiger partial charge in [0.05, 0.1) is 10.0 Å². The van der Waals surface area contributed by atoms with Gasteiger partial charge in [-0.25, -0.2) is 4.79 Å². The smallest absolute Gasteiger partial charge is 0.333 e. The zero-order chi connectivity index (χ0) is 16.2. The molecule has 0 saturated carbocycles. The van der Waals surface area contributed by atoms with E-state index in [9.17, 15) is 14.7 Å². The van der Waals surface area contributed by atoms with Gasteiger partial charge in [0.25, 0.3) is 0 Å². The third-order valence-corrected chi connectivity index (χ3v) is 4.90. The van der Waals surface area contributed by atoms with Crippen LogP contribution in [0.25, 0.3) is 0 Å². The SMILES string of the molecule is CSC(C)CC(=O)NC(C)(C(=O)O)c1ccc(Cl)c(Cl)c1. The highest BCUT2D eigenvalue weighted by Crippen LogP contribution is 2.29. The second-order valence-corrected chi connectivity index (χ2v) is 6.95. The monoisotopic (exact) mass is 349 g/mol. The summed E-state index contributed by atoms with van der Waals surface area (Å²) in [5.74, 6) is -1.49. The van der Waals surface area contributed by atoms with E-state index in [0.29, 0.717) is 10.6 Å². The van der Waals surface area contributed by atoms with Crippen molar-refractivity contribution in [2.24, 2.45) is 0 Å². The molecule has 1 amide bonds. The number of carboxylic acids is 1. The van der Waals surface area contributed by atoms with Crippen molar-refractivity contribution in [3.63, 3.8) is 0 Å². The van der Waals surface area contributed by atoms with Crippen molar-refractivity contribution in [2.75, 3.05) is 6.26 Å². The number of nitrogens with one attached hydrogen (secondary N) is 1. The fourth-order valence-corrected chi connectivity index (χ4v) is 2.35. The number of hydrogen-bond acceptors (Lipinski definition) is 3. The van der Waals surface area contributed by atoms with Crippen molar-refractivity contribution in [3.8, 4) is 0 Å². The van der Waals surface area contributed by atoms with Crippen LogP contribution >= 0.6 is 35.0 Å². The van der Waals surface area contributed by atoms with Crippen LogP contribution < -0.4 is 5.32 Å². The van der Waals surface area contributed by atoms with E-state index in [4.69, 9.17) is 23.2 Å². The Hall–Kier alpha value is -0.910. The maximum absolute atomic E-state index is 12.0. The van der Waals surface area contributed by atoms with Crippen LogP contribution in [0.2, 0.25) is 10.0 Å². The van der Waals surface area contributed by atoms with Crippen molar-refractivity contribution < 1.29 is 14.7 Å². The highest BCUT2D eigenvalue weighted by Gasteiger charge is 2.37. The van der Waals surface area contributed by atoms with Crippen molar-refractivity contribution >= 4 is 46.8 Å². The van der Waals surface area contributed by atoms with Gasteiger partial charge in [-0.05, 0) is 30.9 Å². The van der Waals surface area contributed by atoms with Crippen molar-refractivity contribution in [3.05, 3.63) is 33.8 Å². The van der Waals surface area contributed by atoms with Crippen LogP contribution in [0.15, 0.2) is 18.2 Å². The molecule has 1 aromatic carbocycles. The molecule has 21 heavy (non-hydrogen) atoms. The fraction of sp³-hybridized carbons (Fsp3) is 0.429. The summed E-state index contributed by atoms with van der Waals surface area (Å²) < 4.78 is 0. The molecule has 0 heterocycles. The predicted octanol–water partition coefficient (Wildman–Crippen LogP) is 3.55. The van der Waals surface area contributed by atoms with Crippen LogP contribution in [0.3, 0.4) is 0 Å². The van der Waals surface area contributed by atoms with Gasteiger partial charge in [0.2, 0.25) is 5.91 Å². The second kappa shape index (κ2) is 7.38. The van der Waals surface area contributed by atoms with Gasteiger partial charge >= 0.3 is 5.97 Å². The lowest BCUT2D eigenvalue weighted by Crippen LogP contribution is -2.50. The van der Waals surface area contributed by atoms with Gasteiger partial charge < -0.3 is 10.4 Å². The van der Waals surface area contributed by atoms with E-state index in [2.05, 4.69) is 5.32 Å². The largest absolute Gasteiger partial charge is 0.479 e. The molecule has 116 valence electrons. The average molecular weight is 350 g/mol. The normalized spacial score (nSPS) is 15.1. The Bertz CT molecular complexity index is 553. The molecular formula is C14H17Cl2NO3S. The minimum absolute atomic E-state index is 0.108. The van der Waals surface area contributed by atoms with Crippen LogP contribution in [0, 0.1) is 0 Å². The Morgan fingerprint density at radius 1 is 1.38 bits per heavy atom. The second-order valence-electron chi connectivity index (χ2n) is 4.86. The Labute approximate surface area is 138 Å². The number of aliphatic carboxylic acids is 1. The molecule has 0 spiro atoms. The van der Waals surface area contributed by atoms with Gasteiger partial charge in [-0.15, -0.1) is 0 Å². The van der Waals surface area contributed by atoms with Crippen molar-refractivity contribution in [1.82, 2.24) is 5.32 Å². The molecule has 0 radical (unpaired) electrons. The summed E-state index contributed by atoms with van der Waals surface area (Å²) in [4.78, 5) is 23.6. The van der Waals surface area contributed by atoms with E-state index in [1.165, 1.54) is 19.1 Å². The van der Waals surface area contributed by atoms with E-state index in [1.807, 2.05) is 13.2 Å². The highest BCUT2D eigenvalue weighted by molar-refractivity contribution is 7.99. The number of rotatable bonds is 6. The molecule has 0 aromatic heterocycles. The van der Waals surface area contributed by atoms with E-state index in [-0.39, 0.29) is 22.6 Å². The van der Waals surface area contributed by atoms with Gasteiger partial charge in [0.15, 0.2) is 5.54 Å². The van der Waals surface area contributed by atoms with Gasteiger partial charge in [-0.3, -0.25) is 4.79 Å². The van der Waals surface area contributed by atoms with E-state index in [0.717, 1.165) is 0 Å². The summed E-state index contributed by atoms with van der Waals surface area (Å²) in [5, 5.41) is 12.7. The number of benzene rings is 1. The molecule has 2 unspecified atom stereocenters. The summed E-state index contributed by atoms with van der Waals surface area (Å²) in [5.41, 5.74) is -1.18. The standard InChI is InChI=1S/C14H17Cl2NO3S/c1-8(21-3)6-12(18)17-14(2,13(19)20)9-4-5-10(15)11(16)7-9/h4-5,7-8H,6H2,1-3H3,(H,17,18)(H,19,20). The molecule has 0 aliphatic heterocycles. The Morgan fingerprint density at radius 2 is 2.00 bits per heavy atom.